The molecule has 3 rings (SSSR count). The highest BCUT2D eigenvalue weighted by Crippen LogP contribution is 2.33. The summed E-state index contributed by atoms with van der Waals surface area (Å²) in [5.74, 6) is 0.542. The van der Waals surface area contributed by atoms with Crippen molar-refractivity contribution in [3.63, 3.8) is 0 Å². The first-order chi connectivity index (χ1) is 9.27. The van der Waals surface area contributed by atoms with Gasteiger partial charge in [-0.05, 0) is 47.6 Å². The Morgan fingerprint density at radius 3 is 2.47 bits per heavy atom. The van der Waals surface area contributed by atoms with E-state index >= 15 is 0 Å². The summed E-state index contributed by atoms with van der Waals surface area (Å²) in [7, 11) is 0. The van der Waals surface area contributed by atoms with E-state index in [1.54, 1.807) is 0 Å². The lowest BCUT2D eigenvalue weighted by Gasteiger charge is -2.28. The van der Waals surface area contributed by atoms with Gasteiger partial charge in [0.1, 0.15) is 0 Å². The number of hydrogen-bond acceptors (Lipinski definition) is 2. The lowest BCUT2D eigenvalue weighted by atomic mass is 9.85. The quantitative estimate of drug-likeness (QED) is 0.890. The molecule has 2 N–H and O–H groups in total. The van der Waals surface area contributed by atoms with Crippen molar-refractivity contribution in [2.24, 2.45) is 11.7 Å². The third-order valence-electron chi connectivity index (χ3n) is 4.31. The summed E-state index contributed by atoms with van der Waals surface area (Å²) in [6, 6.07) is 13.1. The van der Waals surface area contributed by atoms with Crippen LogP contribution in [-0.4, -0.2) is 13.2 Å². The Balaban J connectivity index is 2.02. The van der Waals surface area contributed by atoms with Crippen molar-refractivity contribution < 1.29 is 4.74 Å². The molecule has 1 aliphatic heterocycles. The van der Waals surface area contributed by atoms with Gasteiger partial charge in [0.05, 0.1) is 0 Å². The first kappa shape index (κ1) is 12.6. The highest BCUT2D eigenvalue weighted by atomic mass is 16.5. The average molecular weight is 255 g/mol. The summed E-state index contributed by atoms with van der Waals surface area (Å²) in [5, 5.41) is 2.63. The number of rotatable bonds is 2. The van der Waals surface area contributed by atoms with Gasteiger partial charge >= 0.3 is 0 Å². The Morgan fingerprint density at radius 2 is 1.74 bits per heavy atom. The Morgan fingerprint density at radius 1 is 1.05 bits per heavy atom. The van der Waals surface area contributed by atoms with Crippen LogP contribution in [0.5, 0.6) is 0 Å². The summed E-state index contributed by atoms with van der Waals surface area (Å²) in [5.41, 5.74) is 9.13. The minimum atomic E-state index is 0.120. The van der Waals surface area contributed by atoms with E-state index in [2.05, 4.69) is 43.3 Å². The van der Waals surface area contributed by atoms with Gasteiger partial charge in [-0.1, -0.05) is 36.4 Å². The number of fused-ring (bicyclic) bond motifs is 1. The standard InChI is InChI=1S/C17H21NO/c1-12-6-7-16(15-5-3-2-4-14(12)15)17(18)13-8-10-19-11-9-13/h2-7,13,17H,8-11,18H2,1H3/t17-/m1/s1. The lowest BCUT2D eigenvalue weighted by molar-refractivity contribution is 0.0585. The van der Waals surface area contributed by atoms with Crippen LogP contribution in [0.1, 0.15) is 30.0 Å². The van der Waals surface area contributed by atoms with Crippen LogP contribution in [0.4, 0.5) is 0 Å². The smallest absolute Gasteiger partial charge is 0.0469 e. The Kier molecular flexibility index (Phi) is 3.54. The molecule has 0 aromatic heterocycles. The van der Waals surface area contributed by atoms with E-state index < -0.39 is 0 Å². The van der Waals surface area contributed by atoms with Crippen LogP contribution in [-0.2, 0) is 4.74 Å². The van der Waals surface area contributed by atoms with Crippen LogP contribution < -0.4 is 5.73 Å². The highest BCUT2D eigenvalue weighted by Gasteiger charge is 2.23. The molecule has 0 aliphatic carbocycles. The van der Waals surface area contributed by atoms with Crippen molar-refractivity contribution in [1.82, 2.24) is 0 Å². The largest absolute Gasteiger partial charge is 0.381 e. The van der Waals surface area contributed by atoms with Gasteiger partial charge in [0, 0.05) is 19.3 Å². The van der Waals surface area contributed by atoms with E-state index in [1.165, 1.54) is 21.9 Å². The van der Waals surface area contributed by atoms with E-state index in [-0.39, 0.29) is 6.04 Å². The van der Waals surface area contributed by atoms with Gasteiger partial charge in [0.15, 0.2) is 0 Å². The summed E-state index contributed by atoms with van der Waals surface area (Å²) in [6.07, 6.45) is 2.15. The zero-order valence-electron chi connectivity index (χ0n) is 11.4. The van der Waals surface area contributed by atoms with Crippen LogP contribution in [0.25, 0.3) is 10.8 Å². The first-order valence-corrected chi connectivity index (χ1v) is 7.09. The second-order valence-corrected chi connectivity index (χ2v) is 5.49. The average Bonchev–Trinajstić information content (AvgIpc) is 2.48. The molecule has 1 heterocycles. The Labute approximate surface area is 114 Å². The van der Waals surface area contributed by atoms with Crippen molar-refractivity contribution >= 4 is 10.8 Å². The van der Waals surface area contributed by atoms with Gasteiger partial charge in [0.2, 0.25) is 0 Å². The zero-order chi connectivity index (χ0) is 13.2. The molecule has 0 radical (unpaired) electrons. The molecule has 1 atom stereocenters. The number of hydrogen-bond donors (Lipinski definition) is 1. The van der Waals surface area contributed by atoms with Crippen molar-refractivity contribution in [3.05, 3.63) is 47.5 Å². The minimum absolute atomic E-state index is 0.120. The van der Waals surface area contributed by atoms with Gasteiger partial charge in [-0.15, -0.1) is 0 Å². The molecule has 0 saturated carbocycles. The molecule has 0 bridgehead atoms. The molecule has 1 aliphatic rings. The van der Waals surface area contributed by atoms with Crippen LogP contribution in [0.15, 0.2) is 36.4 Å². The van der Waals surface area contributed by atoms with E-state index in [0.29, 0.717) is 5.92 Å². The van der Waals surface area contributed by atoms with Crippen molar-refractivity contribution in [2.75, 3.05) is 13.2 Å². The maximum absolute atomic E-state index is 6.53. The molecule has 0 spiro atoms. The molecular weight excluding hydrogens is 234 g/mol. The maximum Gasteiger partial charge on any atom is 0.0469 e. The number of ether oxygens (including phenoxy) is 1. The highest BCUT2D eigenvalue weighted by molar-refractivity contribution is 5.88. The molecule has 0 amide bonds. The Bertz CT molecular complexity index is 572. The van der Waals surface area contributed by atoms with Crippen LogP contribution >= 0.6 is 0 Å². The monoisotopic (exact) mass is 255 g/mol. The summed E-state index contributed by atoms with van der Waals surface area (Å²) in [6.45, 7) is 3.86. The SMILES string of the molecule is Cc1ccc([C@H](N)C2CCOCC2)c2ccccc12. The number of aryl methyl sites for hydroxylation is 1. The second-order valence-electron chi connectivity index (χ2n) is 5.49. The van der Waals surface area contributed by atoms with E-state index in [9.17, 15) is 0 Å². The fourth-order valence-corrected chi connectivity index (χ4v) is 3.09. The minimum Gasteiger partial charge on any atom is -0.381 e. The first-order valence-electron chi connectivity index (χ1n) is 7.09. The molecule has 0 unspecified atom stereocenters. The summed E-state index contributed by atoms with van der Waals surface area (Å²) in [4.78, 5) is 0. The van der Waals surface area contributed by atoms with Crippen LogP contribution in [0.3, 0.4) is 0 Å². The molecule has 1 fully saturated rings. The van der Waals surface area contributed by atoms with Crippen molar-refractivity contribution in [1.29, 1.82) is 0 Å². The third kappa shape index (κ3) is 2.38. The van der Waals surface area contributed by atoms with E-state index in [0.717, 1.165) is 26.1 Å². The van der Waals surface area contributed by atoms with Crippen LogP contribution in [0.2, 0.25) is 0 Å². The zero-order valence-corrected chi connectivity index (χ0v) is 11.4. The van der Waals surface area contributed by atoms with Crippen LogP contribution in [0, 0.1) is 12.8 Å². The number of benzene rings is 2. The van der Waals surface area contributed by atoms with Crippen molar-refractivity contribution in [2.45, 2.75) is 25.8 Å². The molecule has 2 nitrogen and oxygen atoms in total. The predicted octanol–water partition coefficient (Wildman–Crippen LogP) is 3.57. The predicted molar refractivity (Wildman–Crippen MR) is 79.2 cm³/mol. The second kappa shape index (κ2) is 5.32. The van der Waals surface area contributed by atoms with Gasteiger partial charge in [-0.3, -0.25) is 0 Å². The molecule has 19 heavy (non-hydrogen) atoms. The maximum atomic E-state index is 6.53. The fourth-order valence-electron chi connectivity index (χ4n) is 3.09. The fraction of sp³-hybridized carbons (Fsp3) is 0.412. The molecule has 1 saturated heterocycles. The summed E-state index contributed by atoms with van der Waals surface area (Å²) < 4.78 is 5.44. The molecule has 100 valence electrons. The molecule has 2 heteroatoms. The number of nitrogens with two attached hydrogens (primary N) is 1. The van der Waals surface area contributed by atoms with Gasteiger partial charge in [-0.2, -0.15) is 0 Å². The molecule has 2 aromatic rings. The van der Waals surface area contributed by atoms with Gasteiger partial charge in [-0.25, -0.2) is 0 Å². The van der Waals surface area contributed by atoms with Crippen molar-refractivity contribution in [3.8, 4) is 0 Å². The molecule has 2 aromatic carbocycles. The molecular formula is C17H21NO. The summed E-state index contributed by atoms with van der Waals surface area (Å²) >= 11 is 0. The third-order valence-corrected chi connectivity index (χ3v) is 4.31. The normalized spacial score (nSPS) is 18.6. The van der Waals surface area contributed by atoms with Gasteiger partial charge in [0.25, 0.3) is 0 Å². The lowest BCUT2D eigenvalue weighted by Crippen LogP contribution is -2.27. The topological polar surface area (TPSA) is 35.2 Å². The Hall–Kier alpha value is -1.38. The van der Waals surface area contributed by atoms with Gasteiger partial charge < -0.3 is 10.5 Å². The van der Waals surface area contributed by atoms with E-state index in [4.69, 9.17) is 10.5 Å². The van der Waals surface area contributed by atoms with E-state index in [1.807, 2.05) is 0 Å².